The molecule has 1 atom stereocenters. The van der Waals surface area contributed by atoms with Gasteiger partial charge in [-0.2, -0.15) is 13.2 Å². The van der Waals surface area contributed by atoms with Gasteiger partial charge in [0.25, 0.3) is 0 Å². The Balaban J connectivity index is 2.31. The molecule has 3 nitrogen and oxygen atoms in total. The number of carbonyl (C=O) groups is 1. The second kappa shape index (κ2) is 8.44. The number of rotatable bonds is 5. The van der Waals surface area contributed by atoms with E-state index in [1.54, 1.807) is 30.3 Å². The van der Waals surface area contributed by atoms with Gasteiger partial charge in [0.15, 0.2) is 0 Å². The summed E-state index contributed by atoms with van der Waals surface area (Å²) in [5, 5.41) is 3.03. The maximum Gasteiger partial charge on any atom is 0.416 e. The average molecular weight is 437 g/mol. The van der Waals surface area contributed by atoms with Gasteiger partial charge in [-0.3, -0.25) is 9.78 Å². The van der Waals surface area contributed by atoms with Crippen molar-refractivity contribution in [3.8, 4) is 0 Å². The maximum atomic E-state index is 14.3. The van der Waals surface area contributed by atoms with E-state index in [0.29, 0.717) is 16.7 Å². The normalized spacial score (nSPS) is 13.5. The lowest BCUT2D eigenvalue weighted by Gasteiger charge is -2.35. The zero-order valence-electron chi connectivity index (χ0n) is 15.8. The van der Waals surface area contributed by atoms with Crippen molar-refractivity contribution in [3.05, 3.63) is 100 Å². The molecule has 0 aliphatic carbocycles. The molecule has 30 heavy (non-hydrogen) atoms. The summed E-state index contributed by atoms with van der Waals surface area (Å²) in [6.45, 7) is 1.24. The topological polar surface area (TPSA) is 42.0 Å². The van der Waals surface area contributed by atoms with Crippen molar-refractivity contribution in [3.63, 3.8) is 0 Å². The molecule has 0 aliphatic rings. The highest BCUT2D eigenvalue weighted by molar-refractivity contribution is 6.30. The molecule has 0 radical (unpaired) electrons. The van der Waals surface area contributed by atoms with Gasteiger partial charge < -0.3 is 5.32 Å². The van der Waals surface area contributed by atoms with Gasteiger partial charge in [0.05, 0.1) is 16.3 Å². The number of pyridine rings is 1. The van der Waals surface area contributed by atoms with Crippen molar-refractivity contribution < 1.29 is 22.4 Å². The van der Waals surface area contributed by atoms with Crippen LogP contribution >= 0.6 is 11.6 Å². The summed E-state index contributed by atoms with van der Waals surface area (Å²) in [5.74, 6) is -1.59. The van der Waals surface area contributed by atoms with Crippen LogP contribution in [0.2, 0.25) is 5.02 Å². The van der Waals surface area contributed by atoms with Crippen LogP contribution < -0.4 is 5.32 Å². The first-order valence-electron chi connectivity index (χ1n) is 8.93. The maximum absolute atomic E-state index is 14.3. The number of carbonyl (C=O) groups excluding carboxylic acids is 1. The second-order valence-electron chi connectivity index (χ2n) is 6.84. The van der Waals surface area contributed by atoms with Crippen molar-refractivity contribution in [2.24, 2.45) is 0 Å². The van der Waals surface area contributed by atoms with E-state index in [9.17, 15) is 22.4 Å². The molecule has 1 N–H and O–H groups in total. The zero-order valence-corrected chi connectivity index (χ0v) is 16.6. The first-order chi connectivity index (χ1) is 14.1. The lowest BCUT2D eigenvalue weighted by atomic mass is 9.79. The third-order valence-electron chi connectivity index (χ3n) is 4.58. The Labute approximate surface area is 175 Å². The molecule has 0 saturated carbocycles. The SMILES string of the molecule is CC(=O)N[C@@](Cc1ccccc1)(c1cc(F)cc(C(F)(F)F)c1)c1ccc(Cl)cn1. The molecular formula is C22H17ClF4N2O. The first-order valence-corrected chi connectivity index (χ1v) is 9.31. The largest absolute Gasteiger partial charge is 0.416 e. The van der Waals surface area contributed by atoms with Crippen LogP contribution in [0.3, 0.4) is 0 Å². The summed E-state index contributed by atoms with van der Waals surface area (Å²) in [5.41, 5.74) is -1.86. The monoisotopic (exact) mass is 436 g/mol. The Morgan fingerprint density at radius 1 is 1.03 bits per heavy atom. The molecule has 1 heterocycles. The predicted molar refractivity (Wildman–Crippen MR) is 105 cm³/mol. The number of benzene rings is 2. The fraction of sp³-hybridized carbons (Fsp3) is 0.182. The van der Waals surface area contributed by atoms with Crippen LogP contribution in [0, 0.1) is 5.82 Å². The summed E-state index contributed by atoms with van der Waals surface area (Å²) >= 11 is 5.93. The molecule has 156 valence electrons. The molecule has 3 rings (SSSR count). The van der Waals surface area contributed by atoms with E-state index in [1.165, 1.54) is 25.3 Å². The Morgan fingerprint density at radius 3 is 2.27 bits per heavy atom. The van der Waals surface area contributed by atoms with E-state index in [-0.39, 0.29) is 17.7 Å². The second-order valence-corrected chi connectivity index (χ2v) is 7.27. The molecule has 0 aliphatic heterocycles. The first kappa shape index (κ1) is 21.8. The number of halogens is 5. The van der Waals surface area contributed by atoms with Crippen molar-refractivity contribution in [1.82, 2.24) is 10.3 Å². The Hall–Kier alpha value is -2.93. The third kappa shape index (κ3) is 4.79. The molecule has 1 aromatic heterocycles. The van der Waals surface area contributed by atoms with Gasteiger partial charge in [0, 0.05) is 19.5 Å². The van der Waals surface area contributed by atoms with E-state index in [0.717, 1.165) is 12.1 Å². The minimum Gasteiger partial charge on any atom is -0.341 e. The molecule has 0 bridgehead atoms. The minimum atomic E-state index is -4.76. The van der Waals surface area contributed by atoms with Crippen molar-refractivity contribution in [2.45, 2.75) is 25.1 Å². The van der Waals surface area contributed by atoms with Crippen LogP contribution in [0.15, 0.2) is 66.9 Å². The van der Waals surface area contributed by atoms with Crippen LogP contribution in [-0.2, 0) is 22.9 Å². The number of hydrogen-bond acceptors (Lipinski definition) is 2. The van der Waals surface area contributed by atoms with E-state index in [2.05, 4.69) is 10.3 Å². The van der Waals surface area contributed by atoms with Crippen molar-refractivity contribution in [1.29, 1.82) is 0 Å². The summed E-state index contributed by atoms with van der Waals surface area (Å²) in [6, 6.07) is 14.1. The molecule has 2 aromatic carbocycles. The van der Waals surface area contributed by atoms with Gasteiger partial charge >= 0.3 is 6.18 Å². The smallest absolute Gasteiger partial charge is 0.341 e. The van der Waals surface area contributed by atoms with Gasteiger partial charge in [0.2, 0.25) is 5.91 Å². The lowest BCUT2D eigenvalue weighted by Crippen LogP contribution is -2.48. The van der Waals surface area contributed by atoms with E-state index in [4.69, 9.17) is 11.6 Å². The summed E-state index contributed by atoms with van der Waals surface area (Å²) in [4.78, 5) is 16.4. The van der Waals surface area contributed by atoms with Crippen LogP contribution in [0.1, 0.15) is 29.3 Å². The Bertz CT molecular complexity index is 1040. The fourth-order valence-electron chi connectivity index (χ4n) is 3.35. The summed E-state index contributed by atoms with van der Waals surface area (Å²) in [6.07, 6.45) is -3.40. The van der Waals surface area contributed by atoms with Gasteiger partial charge in [0.1, 0.15) is 11.4 Å². The quantitative estimate of drug-likeness (QED) is 0.535. The van der Waals surface area contributed by atoms with Crippen molar-refractivity contribution >= 4 is 17.5 Å². The summed E-state index contributed by atoms with van der Waals surface area (Å²) < 4.78 is 54.5. The van der Waals surface area contributed by atoms with Gasteiger partial charge in [-0.25, -0.2) is 4.39 Å². The number of nitrogens with one attached hydrogen (secondary N) is 1. The van der Waals surface area contributed by atoms with Crippen LogP contribution in [0.25, 0.3) is 0 Å². The molecule has 0 fully saturated rings. The van der Waals surface area contributed by atoms with E-state index < -0.39 is 29.0 Å². The highest BCUT2D eigenvalue weighted by Gasteiger charge is 2.40. The number of nitrogens with zero attached hydrogens (tertiary/aromatic N) is 1. The standard InChI is InChI=1S/C22H17ClF4N2O/c1-14(30)29-21(12-15-5-3-2-4-6-15,20-8-7-18(23)13-28-20)16-9-17(22(25,26)27)11-19(24)10-16/h2-11,13H,12H2,1H3,(H,29,30)/t21-/m0/s1. The van der Waals surface area contributed by atoms with Gasteiger partial charge in [-0.1, -0.05) is 41.9 Å². The molecule has 3 aromatic rings. The average Bonchev–Trinajstić information content (AvgIpc) is 2.67. The Morgan fingerprint density at radius 2 is 1.70 bits per heavy atom. The minimum absolute atomic E-state index is 0.0444. The number of aromatic nitrogens is 1. The van der Waals surface area contributed by atoms with Crippen LogP contribution in [0.5, 0.6) is 0 Å². The van der Waals surface area contributed by atoms with E-state index in [1.807, 2.05) is 0 Å². The molecule has 8 heteroatoms. The highest BCUT2D eigenvalue weighted by atomic mass is 35.5. The third-order valence-corrected chi connectivity index (χ3v) is 4.81. The summed E-state index contributed by atoms with van der Waals surface area (Å²) in [7, 11) is 0. The van der Waals surface area contributed by atoms with Crippen LogP contribution in [0.4, 0.5) is 17.6 Å². The van der Waals surface area contributed by atoms with E-state index >= 15 is 0 Å². The molecular weight excluding hydrogens is 420 g/mol. The molecule has 0 unspecified atom stereocenters. The lowest BCUT2D eigenvalue weighted by molar-refractivity contribution is -0.137. The van der Waals surface area contributed by atoms with Gasteiger partial charge in [-0.15, -0.1) is 0 Å². The predicted octanol–water partition coefficient (Wildman–Crippen LogP) is 5.52. The molecule has 0 saturated heterocycles. The molecule has 0 spiro atoms. The zero-order chi connectivity index (χ0) is 21.9. The highest BCUT2D eigenvalue weighted by Crippen LogP contribution is 2.37. The van der Waals surface area contributed by atoms with Gasteiger partial charge in [-0.05, 0) is 41.5 Å². The molecule has 1 amide bonds. The van der Waals surface area contributed by atoms with Crippen LogP contribution in [-0.4, -0.2) is 10.9 Å². The number of hydrogen-bond donors (Lipinski definition) is 1. The van der Waals surface area contributed by atoms with Crippen molar-refractivity contribution in [2.75, 3.05) is 0 Å². The number of amides is 1. The Kier molecular flexibility index (Phi) is 6.12. The fourth-order valence-corrected chi connectivity index (χ4v) is 3.46. The number of alkyl halides is 3.